The number of carboxylic acid groups (broad SMARTS) is 1. The number of carbonyl (C=O) groups is 2. The molecule has 5 nitrogen and oxygen atoms in total. The summed E-state index contributed by atoms with van der Waals surface area (Å²) in [6.07, 6.45) is -0.853. The van der Waals surface area contributed by atoms with Crippen LogP contribution in [0.15, 0.2) is 36.9 Å². The summed E-state index contributed by atoms with van der Waals surface area (Å²) >= 11 is 0. The van der Waals surface area contributed by atoms with Crippen LogP contribution in [-0.4, -0.2) is 27.3 Å². The molecule has 0 amide bonds. The number of carboxylic acids is 1. The Morgan fingerprint density at radius 1 is 0.534 bits per heavy atom. The summed E-state index contributed by atoms with van der Waals surface area (Å²) in [5.74, 6) is 75.3. The molecule has 1 N–H and O–H groups in total. The van der Waals surface area contributed by atoms with Gasteiger partial charge < -0.3 is 5.11 Å². The zero-order chi connectivity index (χ0) is 43.2. The van der Waals surface area contributed by atoms with Crippen molar-refractivity contribution in [2.45, 2.75) is 19.3 Å². The van der Waals surface area contributed by atoms with Crippen LogP contribution in [0.3, 0.4) is 0 Å². The molecule has 58 heavy (non-hydrogen) atoms. The van der Waals surface area contributed by atoms with Crippen LogP contribution >= 0.6 is 0 Å². The highest BCUT2D eigenvalue weighted by molar-refractivity contribution is 5.89. The van der Waals surface area contributed by atoms with Gasteiger partial charge in [-0.25, -0.2) is 4.79 Å². The number of rotatable bonds is 2. The van der Waals surface area contributed by atoms with E-state index in [1.807, 2.05) is 0 Å². The van der Waals surface area contributed by atoms with E-state index in [0.717, 1.165) is 24.5 Å². The lowest BCUT2D eigenvalue weighted by molar-refractivity contribution is -0.139. The summed E-state index contributed by atoms with van der Waals surface area (Å²) in [6.45, 7) is 1.69. The van der Waals surface area contributed by atoms with Gasteiger partial charge in [0.05, 0.1) is 16.7 Å². The average molecular weight is 767 g/mol. The highest BCUT2D eigenvalue weighted by atomic mass is 19.4. The maximum atomic E-state index is 12.1. The Labute approximate surface area is 331 Å². The van der Waals surface area contributed by atoms with Crippen molar-refractivity contribution in [3.8, 4) is 190 Å². The third-order valence-electron chi connectivity index (χ3n) is 4.59. The number of alkyl halides is 6. The van der Waals surface area contributed by atoms with Crippen molar-refractivity contribution in [2.75, 3.05) is 0 Å². The quantitative estimate of drug-likeness (QED) is 0.279. The van der Waals surface area contributed by atoms with E-state index in [1.54, 1.807) is 6.92 Å². The van der Waals surface area contributed by atoms with E-state index in [-0.39, 0.29) is 6.29 Å². The number of aromatic nitrogens is 2. The van der Waals surface area contributed by atoms with Crippen LogP contribution in [0.25, 0.3) is 0 Å². The summed E-state index contributed by atoms with van der Waals surface area (Å²) < 4.78 is 72.4. The number of hydrogen-bond donors (Lipinski definition) is 1. The van der Waals surface area contributed by atoms with E-state index in [4.69, 9.17) is 11.5 Å². The Hall–Kier alpha value is -10.0. The lowest BCUT2D eigenvalue weighted by atomic mass is 10.1. The van der Waals surface area contributed by atoms with Gasteiger partial charge in [-0.2, -0.15) is 26.3 Å². The standard InChI is InChI=1S/C33H4.C7H4F3NO2.C7H4F3NO/c1-3-5-7-9-11-13-15-17-19-21-23-25-27-29-31-33-32-30-28-26-24-22-20-18-16-14-12-10-8-6-4-2;8-7(9,10)5-3-11-2-1-4(5)6(12)13;8-7(9,10)6-3-11-2-1-5(6)4-12/h1H,2H3;1-3H,(H,12,13);1-4H. The molecule has 0 aliphatic heterocycles. The minimum Gasteiger partial charge on any atom is -0.478 e. The van der Waals surface area contributed by atoms with Crippen molar-refractivity contribution in [2.24, 2.45) is 0 Å². The molecule has 0 radical (unpaired) electrons. The average Bonchev–Trinajstić information content (AvgIpc) is 3.20. The monoisotopic (exact) mass is 766 g/mol. The number of nitrogens with zero attached hydrogens (tertiary/aromatic N) is 2. The van der Waals surface area contributed by atoms with E-state index >= 15 is 0 Å². The van der Waals surface area contributed by atoms with Crippen LogP contribution in [0, 0.1) is 190 Å². The summed E-state index contributed by atoms with van der Waals surface area (Å²) in [4.78, 5) is 27.0. The predicted octanol–water partition coefficient (Wildman–Crippen LogP) is 4.40. The predicted molar refractivity (Wildman–Crippen MR) is 202 cm³/mol. The van der Waals surface area contributed by atoms with E-state index in [2.05, 4.69) is 194 Å². The lowest BCUT2D eigenvalue weighted by Gasteiger charge is -2.07. The zero-order valence-electron chi connectivity index (χ0n) is 29.0. The van der Waals surface area contributed by atoms with Crippen molar-refractivity contribution >= 4 is 12.3 Å². The second-order valence-corrected chi connectivity index (χ2v) is 8.32. The number of terminal acetylenes is 1. The molecule has 270 valence electrons. The number of hydrogen-bond acceptors (Lipinski definition) is 4. The highest BCUT2D eigenvalue weighted by Gasteiger charge is 2.35. The van der Waals surface area contributed by atoms with E-state index < -0.39 is 40.6 Å². The molecule has 0 bridgehead atoms. The van der Waals surface area contributed by atoms with Gasteiger partial charge >= 0.3 is 18.3 Å². The minimum atomic E-state index is -4.68. The first kappa shape index (κ1) is 48.0. The third-order valence-corrected chi connectivity index (χ3v) is 4.59. The fourth-order valence-corrected chi connectivity index (χ4v) is 2.49. The van der Waals surface area contributed by atoms with E-state index in [1.165, 1.54) is 0 Å². The largest absolute Gasteiger partial charge is 0.478 e. The van der Waals surface area contributed by atoms with Crippen LogP contribution in [-0.2, 0) is 12.4 Å². The van der Waals surface area contributed by atoms with Gasteiger partial charge in [-0.05, 0) is 114 Å². The molecule has 0 aromatic carbocycles. The van der Waals surface area contributed by atoms with Crippen LogP contribution in [0.1, 0.15) is 38.8 Å². The SMILES string of the molecule is C#CC#CC#CC#CC#CC#CC#CC#CC#CC#CC#CC#CC#CC#CC#CC#CC.O=C(O)c1ccncc1C(F)(F)F.O=Cc1ccncc1C(F)(F)F. The zero-order valence-corrected chi connectivity index (χ0v) is 29.0. The topological polar surface area (TPSA) is 80.1 Å². The molecule has 0 atom stereocenters. The molecule has 2 heterocycles. The van der Waals surface area contributed by atoms with Crippen LogP contribution in [0.4, 0.5) is 26.3 Å². The highest BCUT2D eigenvalue weighted by Crippen LogP contribution is 2.31. The molecule has 2 aromatic rings. The van der Waals surface area contributed by atoms with Gasteiger partial charge in [0.15, 0.2) is 6.29 Å². The molecule has 0 saturated carbocycles. The molecular weight excluding hydrogens is 755 g/mol. The summed E-state index contributed by atoms with van der Waals surface area (Å²) in [5, 5.41) is 8.40. The molecule has 11 heteroatoms. The maximum Gasteiger partial charge on any atom is 0.418 e. The van der Waals surface area contributed by atoms with Crippen molar-refractivity contribution in [3.05, 3.63) is 59.2 Å². The fraction of sp³-hybridized carbons (Fsp3) is 0.0638. The van der Waals surface area contributed by atoms with Gasteiger partial charge in [0.2, 0.25) is 0 Å². The van der Waals surface area contributed by atoms with Gasteiger partial charge in [-0.3, -0.25) is 14.8 Å². The van der Waals surface area contributed by atoms with Gasteiger partial charge in [0, 0.05) is 113 Å². The molecule has 0 aliphatic rings. The molecule has 0 spiro atoms. The van der Waals surface area contributed by atoms with E-state index in [0.29, 0.717) is 12.4 Å². The first-order valence-corrected chi connectivity index (χ1v) is 14.5. The number of carbonyl (C=O) groups excluding carboxylic acids is 1. The second kappa shape index (κ2) is 30.6. The Bertz CT molecular complexity index is 2930. The molecule has 0 aliphatic carbocycles. The Kier molecular flexibility index (Phi) is 25.3. The molecule has 0 unspecified atom stereocenters. The molecular formula is C47H12F6N2O3. The second-order valence-electron chi connectivity index (χ2n) is 8.32. The van der Waals surface area contributed by atoms with Gasteiger partial charge in [0.25, 0.3) is 0 Å². The summed E-state index contributed by atoms with van der Waals surface area (Å²) in [7, 11) is 0. The molecule has 2 aromatic heterocycles. The minimum absolute atomic E-state index is 0.157. The molecule has 0 saturated heterocycles. The summed E-state index contributed by atoms with van der Waals surface area (Å²) in [5.41, 5.74) is -3.41. The Balaban J connectivity index is 0.00000104. The van der Waals surface area contributed by atoms with Gasteiger partial charge in [-0.15, -0.1) is 6.42 Å². The van der Waals surface area contributed by atoms with Crippen molar-refractivity contribution in [1.29, 1.82) is 0 Å². The van der Waals surface area contributed by atoms with Crippen LogP contribution < -0.4 is 0 Å². The molecule has 2 rings (SSSR count). The number of aldehydes is 1. The third kappa shape index (κ3) is 25.9. The fourth-order valence-electron chi connectivity index (χ4n) is 2.49. The van der Waals surface area contributed by atoms with Crippen LogP contribution in [0.2, 0.25) is 0 Å². The number of pyridine rings is 2. The smallest absolute Gasteiger partial charge is 0.418 e. The van der Waals surface area contributed by atoms with Crippen molar-refractivity contribution in [1.82, 2.24) is 9.97 Å². The van der Waals surface area contributed by atoms with Crippen LogP contribution in [0.5, 0.6) is 0 Å². The first-order chi connectivity index (χ1) is 27.9. The lowest BCUT2D eigenvalue weighted by Crippen LogP contribution is -2.12. The first-order valence-electron chi connectivity index (χ1n) is 14.5. The number of halogens is 6. The van der Waals surface area contributed by atoms with E-state index in [9.17, 15) is 35.9 Å². The van der Waals surface area contributed by atoms with Crippen molar-refractivity contribution in [3.63, 3.8) is 0 Å². The maximum absolute atomic E-state index is 12.1. The number of aromatic carboxylic acids is 1. The Morgan fingerprint density at radius 2 is 0.828 bits per heavy atom. The summed E-state index contributed by atoms with van der Waals surface area (Å²) in [6, 6.07) is 1.83. The Morgan fingerprint density at radius 3 is 1.07 bits per heavy atom. The van der Waals surface area contributed by atoms with Gasteiger partial charge in [0.1, 0.15) is 0 Å². The molecule has 0 fully saturated rings. The van der Waals surface area contributed by atoms with Gasteiger partial charge in [-0.1, -0.05) is 5.92 Å². The normalized spacial score (nSPS) is 7.07. The van der Waals surface area contributed by atoms with Crippen molar-refractivity contribution < 1.29 is 41.0 Å².